The molecule has 0 aliphatic rings. The van der Waals surface area contributed by atoms with Crippen molar-refractivity contribution < 1.29 is 13.6 Å². The molecule has 34 heavy (non-hydrogen) atoms. The number of para-hydroxylation sites is 1. The number of carbonyl (C=O) groups is 1. The van der Waals surface area contributed by atoms with Gasteiger partial charge in [0.1, 0.15) is 0 Å². The summed E-state index contributed by atoms with van der Waals surface area (Å²) in [6, 6.07) is 24.3. The Hall–Kier alpha value is -4.33. The van der Waals surface area contributed by atoms with Crippen LogP contribution < -0.4 is 0 Å². The standard InChI is InChI=1S/C26H21F2N5O/c1-32(26(34)18-12-13-21-22(14-18)30-25(29-21)24(27)28)15-19-16-33(20-10-6-3-7-11-20)31-23(19)17-8-4-2-5-9-17/h2-14,16,24H,15H2,1H3,(H,29,30). The van der Waals surface area contributed by atoms with Crippen LogP contribution in [0.25, 0.3) is 28.0 Å². The van der Waals surface area contributed by atoms with Gasteiger partial charge in [0.2, 0.25) is 0 Å². The van der Waals surface area contributed by atoms with Crippen molar-refractivity contribution in [3.05, 3.63) is 102 Å². The van der Waals surface area contributed by atoms with Gasteiger partial charge in [-0.05, 0) is 30.3 Å². The van der Waals surface area contributed by atoms with Crippen molar-refractivity contribution in [2.24, 2.45) is 0 Å². The lowest BCUT2D eigenvalue weighted by molar-refractivity contribution is 0.0785. The number of aromatic nitrogens is 4. The first-order valence-corrected chi connectivity index (χ1v) is 10.7. The van der Waals surface area contributed by atoms with Crippen LogP contribution in [0.3, 0.4) is 0 Å². The van der Waals surface area contributed by atoms with Crippen molar-refractivity contribution in [2.45, 2.75) is 13.0 Å². The molecule has 1 amide bonds. The van der Waals surface area contributed by atoms with Gasteiger partial charge in [-0.1, -0.05) is 48.5 Å². The average molecular weight is 457 g/mol. The van der Waals surface area contributed by atoms with Gasteiger partial charge in [0.15, 0.2) is 5.82 Å². The number of alkyl halides is 2. The second-order valence-electron chi connectivity index (χ2n) is 7.96. The molecule has 0 aliphatic carbocycles. The molecule has 0 fully saturated rings. The van der Waals surface area contributed by atoms with Crippen LogP contribution in [0.2, 0.25) is 0 Å². The Labute approximate surface area is 194 Å². The van der Waals surface area contributed by atoms with E-state index in [0.29, 0.717) is 23.1 Å². The van der Waals surface area contributed by atoms with Crippen molar-refractivity contribution in [3.8, 4) is 16.9 Å². The van der Waals surface area contributed by atoms with E-state index >= 15 is 0 Å². The van der Waals surface area contributed by atoms with Crippen LogP contribution in [0.1, 0.15) is 28.2 Å². The molecule has 5 aromatic rings. The molecular weight excluding hydrogens is 436 g/mol. The largest absolute Gasteiger partial charge is 0.337 e. The number of halogens is 2. The molecule has 0 atom stereocenters. The van der Waals surface area contributed by atoms with Crippen LogP contribution >= 0.6 is 0 Å². The second kappa shape index (κ2) is 8.90. The number of nitrogens with zero attached hydrogens (tertiary/aromatic N) is 4. The number of hydrogen-bond acceptors (Lipinski definition) is 3. The molecule has 1 N–H and O–H groups in total. The highest BCUT2D eigenvalue weighted by atomic mass is 19.3. The Morgan fingerprint density at radius 3 is 2.44 bits per heavy atom. The van der Waals surface area contributed by atoms with Crippen molar-refractivity contribution in [2.75, 3.05) is 7.05 Å². The number of imidazole rings is 1. The molecule has 2 heterocycles. The van der Waals surface area contributed by atoms with Gasteiger partial charge in [-0.15, -0.1) is 0 Å². The Morgan fingerprint density at radius 1 is 1.03 bits per heavy atom. The highest BCUT2D eigenvalue weighted by Gasteiger charge is 2.19. The van der Waals surface area contributed by atoms with Gasteiger partial charge in [0, 0.05) is 36.5 Å². The smallest absolute Gasteiger partial charge is 0.295 e. The molecule has 3 aromatic carbocycles. The fraction of sp³-hybridized carbons (Fsp3) is 0.115. The van der Waals surface area contributed by atoms with Crippen LogP contribution in [0.15, 0.2) is 85.1 Å². The van der Waals surface area contributed by atoms with Crippen molar-refractivity contribution >= 4 is 16.9 Å². The first kappa shape index (κ1) is 21.5. The minimum atomic E-state index is -2.70. The number of H-pyrrole nitrogens is 1. The van der Waals surface area contributed by atoms with Crippen molar-refractivity contribution in [1.82, 2.24) is 24.6 Å². The lowest BCUT2D eigenvalue weighted by Crippen LogP contribution is -2.26. The van der Waals surface area contributed by atoms with Crippen LogP contribution in [-0.2, 0) is 6.54 Å². The lowest BCUT2D eigenvalue weighted by atomic mass is 10.1. The molecule has 8 heteroatoms. The number of rotatable bonds is 6. The molecule has 0 spiro atoms. The third-order valence-corrected chi connectivity index (χ3v) is 5.57. The third-order valence-electron chi connectivity index (χ3n) is 5.57. The molecule has 0 bridgehead atoms. The van der Waals surface area contributed by atoms with E-state index in [9.17, 15) is 13.6 Å². The minimum absolute atomic E-state index is 0.235. The second-order valence-corrected chi connectivity index (χ2v) is 7.96. The third kappa shape index (κ3) is 4.17. The van der Waals surface area contributed by atoms with Gasteiger partial charge in [0.05, 0.1) is 22.4 Å². The molecule has 0 unspecified atom stereocenters. The number of hydrogen-bond donors (Lipinski definition) is 1. The van der Waals surface area contributed by atoms with Gasteiger partial charge >= 0.3 is 0 Å². The summed E-state index contributed by atoms with van der Waals surface area (Å²) < 4.78 is 27.7. The maximum absolute atomic E-state index is 13.2. The predicted molar refractivity (Wildman–Crippen MR) is 126 cm³/mol. The first-order chi connectivity index (χ1) is 16.5. The number of carbonyl (C=O) groups excluding carboxylic acids is 1. The van der Waals surface area contributed by atoms with Gasteiger partial charge in [-0.2, -0.15) is 5.10 Å². The summed E-state index contributed by atoms with van der Waals surface area (Å²) in [5.74, 6) is -0.643. The molecule has 6 nitrogen and oxygen atoms in total. The monoisotopic (exact) mass is 457 g/mol. The molecule has 2 aromatic heterocycles. The summed E-state index contributed by atoms with van der Waals surface area (Å²) >= 11 is 0. The van der Waals surface area contributed by atoms with E-state index in [1.54, 1.807) is 34.8 Å². The highest BCUT2D eigenvalue weighted by Crippen LogP contribution is 2.26. The fourth-order valence-corrected chi connectivity index (χ4v) is 3.89. The summed E-state index contributed by atoms with van der Waals surface area (Å²) in [5.41, 5.74) is 4.71. The number of nitrogens with one attached hydrogen (secondary N) is 1. The SMILES string of the molecule is CN(Cc1cn(-c2ccccc2)nc1-c1ccccc1)C(=O)c1ccc2nc(C(F)F)[nH]c2c1. The number of amides is 1. The summed E-state index contributed by atoms with van der Waals surface area (Å²) in [6.07, 6.45) is -0.777. The topological polar surface area (TPSA) is 66.8 Å². The number of aromatic amines is 1. The van der Waals surface area contributed by atoms with Crippen LogP contribution in [-0.4, -0.2) is 37.6 Å². The fourth-order valence-electron chi connectivity index (χ4n) is 3.89. The van der Waals surface area contributed by atoms with E-state index in [1.807, 2.05) is 66.9 Å². The lowest BCUT2D eigenvalue weighted by Gasteiger charge is -2.17. The zero-order chi connectivity index (χ0) is 23.7. The van der Waals surface area contributed by atoms with Gasteiger partial charge < -0.3 is 9.88 Å². The molecular formula is C26H21F2N5O. The number of benzene rings is 3. The van der Waals surface area contributed by atoms with Crippen molar-refractivity contribution in [3.63, 3.8) is 0 Å². The van der Waals surface area contributed by atoms with Crippen molar-refractivity contribution in [1.29, 1.82) is 0 Å². The Kier molecular flexibility index (Phi) is 5.63. The van der Waals surface area contributed by atoms with E-state index < -0.39 is 12.2 Å². The van der Waals surface area contributed by atoms with E-state index in [2.05, 4.69) is 9.97 Å². The zero-order valence-electron chi connectivity index (χ0n) is 18.3. The Morgan fingerprint density at radius 2 is 1.74 bits per heavy atom. The average Bonchev–Trinajstić information content (AvgIpc) is 3.49. The Balaban J connectivity index is 1.45. The van der Waals surface area contributed by atoms with Gasteiger partial charge in [-0.25, -0.2) is 18.4 Å². The van der Waals surface area contributed by atoms with E-state index in [-0.39, 0.29) is 5.91 Å². The molecule has 170 valence electrons. The summed E-state index contributed by atoms with van der Waals surface area (Å²) in [5, 5.41) is 4.79. The number of fused-ring (bicyclic) bond motifs is 1. The van der Waals surface area contributed by atoms with Crippen LogP contribution in [0.5, 0.6) is 0 Å². The van der Waals surface area contributed by atoms with Gasteiger partial charge in [-0.3, -0.25) is 4.79 Å². The van der Waals surface area contributed by atoms with Crippen LogP contribution in [0, 0.1) is 0 Å². The first-order valence-electron chi connectivity index (χ1n) is 10.7. The molecule has 0 saturated heterocycles. The normalized spacial score (nSPS) is 11.3. The quantitative estimate of drug-likeness (QED) is 0.360. The summed E-state index contributed by atoms with van der Waals surface area (Å²) in [7, 11) is 1.71. The molecule has 5 rings (SSSR count). The zero-order valence-corrected chi connectivity index (χ0v) is 18.3. The van der Waals surface area contributed by atoms with E-state index in [0.717, 1.165) is 22.5 Å². The van der Waals surface area contributed by atoms with E-state index in [1.165, 1.54) is 0 Å². The van der Waals surface area contributed by atoms with Crippen LogP contribution in [0.4, 0.5) is 8.78 Å². The van der Waals surface area contributed by atoms with E-state index in [4.69, 9.17) is 5.10 Å². The maximum Gasteiger partial charge on any atom is 0.295 e. The maximum atomic E-state index is 13.2. The van der Waals surface area contributed by atoms with Gasteiger partial charge in [0.25, 0.3) is 12.3 Å². The molecule has 0 radical (unpaired) electrons. The summed E-state index contributed by atoms with van der Waals surface area (Å²) in [4.78, 5) is 21.2. The predicted octanol–water partition coefficient (Wildman–Crippen LogP) is 5.63. The Bertz CT molecular complexity index is 1440. The summed E-state index contributed by atoms with van der Waals surface area (Å²) in [6.45, 7) is 0.319. The minimum Gasteiger partial charge on any atom is -0.337 e. The molecule has 0 aliphatic heterocycles. The highest BCUT2D eigenvalue weighted by molar-refractivity contribution is 5.97. The molecule has 0 saturated carbocycles.